The van der Waals surface area contributed by atoms with E-state index in [0.717, 1.165) is 30.4 Å². The zero-order valence-electron chi connectivity index (χ0n) is 15.0. The first-order chi connectivity index (χ1) is 12.1. The van der Waals surface area contributed by atoms with Gasteiger partial charge in [-0.1, -0.05) is 19.8 Å². The van der Waals surface area contributed by atoms with Crippen LogP contribution in [0.1, 0.15) is 37.3 Å². The molecule has 2 rings (SSSR count). The second kappa shape index (κ2) is 8.96. The molecule has 1 heterocycles. The summed E-state index contributed by atoms with van der Waals surface area (Å²) < 4.78 is 16.9. The average Bonchev–Trinajstić information content (AvgIpc) is 2.61. The summed E-state index contributed by atoms with van der Waals surface area (Å²) in [7, 11) is 3.22. The Morgan fingerprint density at radius 1 is 1.04 bits per heavy atom. The first-order valence-corrected chi connectivity index (χ1v) is 8.33. The molecule has 2 aromatic rings. The Bertz CT molecular complexity index is 682. The summed E-state index contributed by atoms with van der Waals surface area (Å²) in [5.41, 5.74) is 13.2. The number of ether oxygens (including phenoxy) is 3. The van der Waals surface area contributed by atoms with Crippen molar-refractivity contribution in [1.82, 2.24) is 9.97 Å². The molecule has 0 atom stereocenters. The standard InChI is InChI=1S/C18H26N4O3/c1-4-5-6-7-25-16-14(23-2)9-12(10-15(16)24-3)8-13-11-21-18(20)22-17(13)19/h9-11H,4-8H2,1-3H3,(H4,19,20,21,22). The fourth-order valence-corrected chi connectivity index (χ4v) is 2.50. The van der Waals surface area contributed by atoms with Gasteiger partial charge in [0.15, 0.2) is 11.5 Å². The molecule has 0 saturated carbocycles. The molecule has 1 aromatic heterocycles. The Morgan fingerprint density at radius 2 is 1.72 bits per heavy atom. The molecular formula is C18H26N4O3. The molecule has 0 bridgehead atoms. The van der Waals surface area contributed by atoms with E-state index in [1.165, 1.54) is 0 Å². The minimum absolute atomic E-state index is 0.159. The SMILES string of the molecule is CCCCCOc1c(OC)cc(Cc2cnc(N)nc2N)cc1OC. The van der Waals surface area contributed by atoms with Crippen molar-refractivity contribution in [1.29, 1.82) is 0 Å². The summed E-state index contributed by atoms with van der Waals surface area (Å²) in [4.78, 5) is 7.98. The number of methoxy groups -OCH3 is 2. The highest BCUT2D eigenvalue weighted by Gasteiger charge is 2.15. The molecule has 0 amide bonds. The van der Waals surface area contributed by atoms with E-state index in [1.54, 1.807) is 20.4 Å². The lowest BCUT2D eigenvalue weighted by atomic mass is 10.1. The number of hydrogen-bond acceptors (Lipinski definition) is 7. The monoisotopic (exact) mass is 346 g/mol. The third-order valence-electron chi connectivity index (χ3n) is 3.83. The molecule has 4 N–H and O–H groups in total. The van der Waals surface area contributed by atoms with Crippen molar-refractivity contribution in [2.75, 3.05) is 32.3 Å². The fourth-order valence-electron chi connectivity index (χ4n) is 2.50. The zero-order chi connectivity index (χ0) is 18.2. The molecule has 0 unspecified atom stereocenters. The molecule has 0 radical (unpaired) electrons. The van der Waals surface area contributed by atoms with Crippen LogP contribution in [0.3, 0.4) is 0 Å². The van der Waals surface area contributed by atoms with Gasteiger partial charge in [-0.2, -0.15) is 4.98 Å². The van der Waals surface area contributed by atoms with Crippen LogP contribution in [-0.2, 0) is 6.42 Å². The van der Waals surface area contributed by atoms with Gasteiger partial charge in [-0.25, -0.2) is 4.98 Å². The van der Waals surface area contributed by atoms with E-state index in [2.05, 4.69) is 16.9 Å². The third kappa shape index (κ3) is 4.89. The second-order valence-corrected chi connectivity index (χ2v) is 5.70. The van der Waals surface area contributed by atoms with Gasteiger partial charge in [0.05, 0.1) is 20.8 Å². The van der Waals surface area contributed by atoms with E-state index in [4.69, 9.17) is 25.7 Å². The van der Waals surface area contributed by atoms with Crippen LogP contribution >= 0.6 is 0 Å². The Labute approximate surface area is 148 Å². The first-order valence-electron chi connectivity index (χ1n) is 8.33. The number of hydrogen-bond donors (Lipinski definition) is 2. The average molecular weight is 346 g/mol. The predicted molar refractivity (Wildman–Crippen MR) is 98.2 cm³/mol. The Balaban J connectivity index is 2.25. The van der Waals surface area contributed by atoms with Crippen LogP contribution in [0.25, 0.3) is 0 Å². The van der Waals surface area contributed by atoms with Crippen LogP contribution < -0.4 is 25.7 Å². The van der Waals surface area contributed by atoms with Gasteiger partial charge in [0, 0.05) is 18.2 Å². The lowest BCUT2D eigenvalue weighted by Crippen LogP contribution is -2.05. The summed E-state index contributed by atoms with van der Waals surface area (Å²) in [5, 5.41) is 0. The van der Waals surface area contributed by atoms with Crippen molar-refractivity contribution in [3.63, 3.8) is 0 Å². The molecule has 0 aliphatic rings. The van der Waals surface area contributed by atoms with Gasteiger partial charge in [-0.3, -0.25) is 0 Å². The van der Waals surface area contributed by atoms with Crippen molar-refractivity contribution in [2.24, 2.45) is 0 Å². The van der Waals surface area contributed by atoms with Crippen molar-refractivity contribution in [3.8, 4) is 17.2 Å². The number of anilines is 2. The fraction of sp³-hybridized carbons (Fsp3) is 0.444. The van der Waals surface area contributed by atoms with Gasteiger partial charge in [0.2, 0.25) is 11.7 Å². The lowest BCUT2D eigenvalue weighted by molar-refractivity contribution is 0.268. The third-order valence-corrected chi connectivity index (χ3v) is 3.83. The summed E-state index contributed by atoms with van der Waals surface area (Å²) in [6.07, 6.45) is 5.42. The van der Waals surface area contributed by atoms with Crippen molar-refractivity contribution < 1.29 is 14.2 Å². The summed E-state index contributed by atoms with van der Waals surface area (Å²) >= 11 is 0. The molecule has 0 saturated heterocycles. The maximum absolute atomic E-state index is 5.92. The molecule has 0 fully saturated rings. The van der Waals surface area contributed by atoms with E-state index in [1.807, 2.05) is 12.1 Å². The minimum Gasteiger partial charge on any atom is -0.493 e. The summed E-state index contributed by atoms with van der Waals surface area (Å²) in [6, 6.07) is 3.82. The van der Waals surface area contributed by atoms with Crippen LogP contribution in [0.5, 0.6) is 17.2 Å². The van der Waals surface area contributed by atoms with Gasteiger partial charge < -0.3 is 25.7 Å². The van der Waals surface area contributed by atoms with Gasteiger partial charge in [-0.05, 0) is 24.1 Å². The van der Waals surface area contributed by atoms with Crippen LogP contribution in [0.4, 0.5) is 11.8 Å². The van der Waals surface area contributed by atoms with Crippen LogP contribution in [0.2, 0.25) is 0 Å². The molecular weight excluding hydrogens is 320 g/mol. The highest BCUT2D eigenvalue weighted by Crippen LogP contribution is 2.39. The van der Waals surface area contributed by atoms with E-state index < -0.39 is 0 Å². The number of aromatic nitrogens is 2. The van der Waals surface area contributed by atoms with E-state index >= 15 is 0 Å². The molecule has 0 spiro atoms. The molecule has 25 heavy (non-hydrogen) atoms. The maximum atomic E-state index is 5.92. The topological polar surface area (TPSA) is 106 Å². The van der Waals surface area contributed by atoms with Crippen molar-refractivity contribution in [3.05, 3.63) is 29.5 Å². The molecule has 1 aromatic carbocycles. The van der Waals surface area contributed by atoms with Gasteiger partial charge in [0.1, 0.15) is 5.82 Å². The van der Waals surface area contributed by atoms with Crippen molar-refractivity contribution >= 4 is 11.8 Å². The highest BCUT2D eigenvalue weighted by atomic mass is 16.5. The maximum Gasteiger partial charge on any atom is 0.221 e. The molecule has 7 heteroatoms. The zero-order valence-corrected chi connectivity index (χ0v) is 15.0. The number of nitrogens with two attached hydrogens (primary N) is 2. The van der Waals surface area contributed by atoms with Gasteiger partial charge in [-0.15, -0.1) is 0 Å². The molecule has 7 nitrogen and oxygen atoms in total. The predicted octanol–water partition coefficient (Wildman–Crippen LogP) is 2.82. The lowest BCUT2D eigenvalue weighted by Gasteiger charge is -2.16. The van der Waals surface area contributed by atoms with Gasteiger partial charge >= 0.3 is 0 Å². The van der Waals surface area contributed by atoms with E-state index in [9.17, 15) is 0 Å². The Kier molecular flexibility index (Phi) is 6.68. The van der Waals surface area contributed by atoms with E-state index in [0.29, 0.717) is 36.1 Å². The number of nitrogens with zero attached hydrogens (tertiary/aromatic N) is 2. The summed E-state index contributed by atoms with van der Waals surface area (Å²) in [5.74, 6) is 2.39. The number of benzene rings is 1. The first kappa shape index (κ1) is 18.6. The Hall–Kier alpha value is -2.70. The molecule has 0 aliphatic carbocycles. The molecule has 136 valence electrons. The van der Waals surface area contributed by atoms with Crippen molar-refractivity contribution in [2.45, 2.75) is 32.6 Å². The van der Waals surface area contributed by atoms with Gasteiger partial charge in [0.25, 0.3) is 0 Å². The normalized spacial score (nSPS) is 10.5. The molecule has 0 aliphatic heterocycles. The number of nitrogen functional groups attached to an aromatic ring is 2. The minimum atomic E-state index is 0.159. The number of unbranched alkanes of at least 4 members (excludes halogenated alkanes) is 2. The van der Waals surface area contributed by atoms with E-state index in [-0.39, 0.29) is 5.95 Å². The summed E-state index contributed by atoms with van der Waals surface area (Å²) in [6.45, 7) is 2.78. The quantitative estimate of drug-likeness (QED) is 0.672. The van der Waals surface area contributed by atoms with Crippen LogP contribution in [0.15, 0.2) is 18.3 Å². The Morgan fingerprint density at radius 3 is 2.28 bits per heavy atom. The second-order valence-electron chi connectivity index (χ2n) is 5.70. The largest absolute Gasteiger partial charge is 0.493 e. The van der Waals surface area contributed by atoms with Crippen LogP contribution in [-0.4, -0.2) is 30.8 Å². The number of rotatable bonds is 9. The van der Waals surface area contributed by atoms with Crippen LogP contribution in [0, 0.1) is 0 Å². The smallest absolute Gasteiger partial charge is 0.221 e. The highest BCUT2D eigenvalue weighted by molar-refractivity contribution is 5.55.